The summed E-state index contributed by atoms with van der Waals surface area (Å²) in [5, 5.41) is 9.67. The van der Waals surface area contributed by atoms with Crippen molar-refractivity contribution in [2.45, 2.75) is 37.4 Å². The van der Waals surface area contributed by atoms with Gasteiger partial charge in [0, 0.05) is 47.9 Å². The molecule has 3 aromatic carbocycles. The van der Waals surface area contributed by atoms with Gasteiger partial charge in [-0.1, -0.05) is 12.1 Å². The maximum Gasteiger partial charge on any atom is 0.254 e. The number of nitrogens with zero attached hydrogens (tertiary/aromatic N) is 3. The van der Waals surface area contributed by atoms with E-state index >= 15 is 4.39 Å². The predicted molar refractivity (Wildman–Crippen MR) is 143 cm³/mol. The number of halogens is 2. The highest BCUT2D eigenvalue weighted by atomic mass is 19.1. The van der Waals surface area contributed by atoms with Crippen molar-refractivity contribution >= 4 is 22.7 Å². The van der Waals surface area contributed by atoms with E-state index in [0.29, 0.717) is 33.2 Å². The van der Waals surface area contributed by atoms with E-state index in [-0.39, 0.29) is 40.7 Å². The molecule has 2 aliphatic heterocycles. The van der Waals surface area contributed by atoms with Gasteiger partial charge in [-0.2, -0.15) is 5.26 Å². The number of carbonyl (C=O) groups excluding carboxylic acids is 2. The van der Waals surface area contributed by atoms with E-state index < -0.39 is 17.5 Å². The number of fused-ring (bicyclic) bond motifs is 3. The van der Waals surface area contributed by atoms with E-state index in [2.05, 4.69) is 0 Å². The Morgan fingerprint density at radius 1 is 1.00 bits per heavy atom. The first-order valence-electron chi connectivity index (χ1n) is 12.7. The Balaban J connectivity index is 1.54. The maximum atomic E-state index is 15.6. The molecular weight excluding hydrogens is 500 g/mol. The minimum atomic E-state index is -0.726. The number of primary amides is 1. The number of benzene rings is 3. The molecule has 39 heavy (non-hydrogen) atoms. The summed E-state index contributed by atoms with van der Waals surface area (Å²) in [6.45, 7) is 0. The van der Waals surface area contributed by atoms with Gasteiger partial charge in [-0.15, -0.1) is 0 Å². The quantitative estimate of drug-likeness (QED) is 0.409. The van der Waals surface area contributed by atoms with Gasteiger partial charge in [-0.3, -0.25) is 9.59 Å². The summed E-state index contributed by atoms with van der Waals surface area (Å²) in [4.78, 5) is 27.6. The van der Waals surface area contributed by atoms with E-state index in [9.17, 15) is 19.2 Å². The SMILES string of the molecule is Cn1cc(C(N)=O)c2cc(-c3ccc(C(=O)N4[C@@H]5CC[C@H]4[C@@H](N)C5)cc3-c3ccc(C#N)c(F)c3)c(F)cc21. The molecule has 2 saturated heterocycles. The first-order valence-corrected chi connectivity index (χ1v) is 12.7. The van der Waals surface area contributed by atoms with Crippen LogP contribution in [0.25, 0.3) is 33.2 Å². The first-order chi connectivity index (χ1) is 18.7. The summed E-state index contributed by atoms with van der Waals surface area (Å²) in [7, 11) is 1.69. The summed E-state index contributed by atoms with van der Waals surface area (Å²) >= 11 is 0. The number of nitriles is 1. The van der Waals surface area contributed by atoms with Crippen molar-refractivity contribution in [3.05, 3.63) is 83.1 Å². The van der Waals surface area contributed by atoms with Gasteiger partial charge < -0.3 is 20.9 Å². The third-order valence-corrected chi connectivity index (χ3v) is 8.12. The van der Waals surface area contributed by atoms with E-state index in [0.717, 1.165) is 19.3 Å². The van der Waals surface area contributed by atoms with Gasteiger partial charge in [0.25, 0.3) is 11.8 Å². The van der Waals surface area contributed by atoms with Gasteiger partial charge in [0.2, 0.25) is 0 Å². The number of carbonyl (C=O) groups is 2. The zero-order valence-electron chi connectivity index (χ0n) is 21.1. The van der Waals surface area contributed by atoms with Crippen molar-refractivity contribution in [3.8, 4) is 28.3 Å². The van der Waals surface area contributed by atoms with Crippen molar-refractivity contribution in [1.29, 1.82) is 5.26 Å². The van der Waals surface area contributed by atoms with Crippen molar-refractivity contribution in [3.63, 3.8) is 0 Å². The molecule has 2 amide bonds. The zero-order valence-corrected chi connectivity index (χ0v) is 21.1. The number of hydrogen-bond acceptors (Lipinski definition) is 4. The van der Waals surface area contributed by atoms with Gasteiger partial charge in [0.1, 0.15) is 17.7 Å². The molecule has 6 rings (SSSR count). The highest BCUT2D eigenvalue weighted by molar-refractivity contribution is 6.08. The lowest BCUT2D eigenvalue weighted by Gasteiger charge is -2.24. The fourth-order valence-corrected chi connectivity index (χ4v) is 6.23. The number of nitrogens with two attached hydrogens (primary N) is 2. The molecule has 2 bridgehead atoms. The van der Waals surface area contributed by atoms with Crippen molar-refractivity contribution < 1.29 is 18.4 Å². The van der Waals surface area contributed by atoms with Gasteiger partial charge >= 0.3 is 0 Å². The molecule has 2 aliphatic rings. The average molecular weight is 526 g/mol. The summed E-state index contributed by atoms with van der Waals surface area (Å²) in [6, 6.07) is 13.7. The Morgan fingerprint density at radius 3 is 2.44 bits per heavy atom. The molecule has 196 valence electrons. The molecule has 3 atom stereocenters. The highest BCUT2D eigenvalue weighted by Gasteiger charge is 2.47. The number of hydrogen-bond donors (Lipinski definition) is 2. The molecular formula is C30H25F2N5O2. The topological polar surface area (TPSA) is 118 Å². The summed E-state index contributed by atoms with van der Waals surface area (Å²) < 4.78 is 32.0. The monoisotopic (exact) mass is 525 g/mol. The van der Waals surface area contributed by atoms with Crippen LogP contribution < -0.4 is 11.5 Å². The molecule has 0 saturated carbocycles. The van der Waals surface area contributed by atoms with Crippen LogP contribution in [-0.2, 0) is 7.05 Å². The molecule has 0 spiro atoms. The lowest BCUT2D eigenvalue weighted by molar-refractivity contribution is 0.0726. The van der Waals surface area contributed by atoms with Crippen LogP contribution in [0.4, 0.5) is 8.78 Å². The summed E-state index contributed by atoms with van der Waals surface area (Å²) in [5.74, 6) is -2.10. The van der Waals surface area contributed by atoms with Crippen LogP contribution in [0.1, 0.15) is 45.5 Å². The van der Waals surface area contributed by atoms with Gasteiger partial charge in [-0.25, -0.2) is 8.78 Å². The summed E-state index contributed by atoms with van der Waals surface area (Å²) in [6.07, 6.45) is 4.06. The van der Waals surface area contributed by atoms with Crippen molar-refractivity contribution in [2.24, 2.45) is 18.5 Å². The molecule has 0 unspecified atom stereocenters. The van der Waals surface area contributed by atoms with Crippen LogP contribution in [0.15, 0.2) is 54.7 Å². The largest absolute Gasteiger partial charge is 0.366 e. The predicted octanol–water partition coefficient (Wildman–Crippen LogP) is 4.47. The number of amides is 2. The number of rotatable bonds is 4. The maximum absolute atomic E-state index is 15.6. The van der Waals surface area contributed by atoms with Crippen LogP contribution in [0.5, 0.6) is 0 Å². The number of aryl methyl sites for hydroxylation is 1. The van der Waals surface area contributed by atoms with Gasteiger partial charge in [0.15, 0.2) is 0 Å². The highest BCUT2D eigenvalue weighted by Crippen LogP contribution is 2.41. The molecule has 7 nitrogen and oxygen atoms in total. The van der Waals surface area contributed by atoms with Crippen molar-refractivity contribution in [1.82, 2.24) is 9.47 Å². The second-order valence-electron chi connectivity index (χ2n) is 10.3. The first kappa shape index (κ1) is 24.8. The third kappa shape index (κ3) is 3.87. The zero-order chi connectivity index (χ0) is 27.6. The Labute approximate surface area is 223 Å². The fourth-order valence-electron chi connectivity index (χ4n) is 6.23. The normalized spacial score (nSPS) is 20.0. The lowest BCUT2D eigenvalue weighted by Crippen LogP contribution is -2.40. The van der Waals surface area contributed by atoms with Crippen LogP contribution in [-0.4, -0.2) is 39.4 Å². The Bertz CT molecular complexity index is 1740. The second-order valence-corrected chi connectivity index (χ2v) is 10.3. The minimum Gasteiger partial charge on any atom is -0.366 e. The molecule has 9 heteroatoms. The third-order valence-electron chi connectivity index (χ3n) is 8.12. The number of aromatic nitrogens is 1. The van der Waals surface area contributed by atoms with E-state index in [1.807, 2.05) is 4.90 Å². The Kier molecular flexibility index (Phi) is 5.74. The van der Waals surface area contributed by atoms with E-state index in [1.54, 1.807) is 54.2 Å². The van der Waals surface area contributed by atoms with Crippen LogP contribution in [0, 0.1) is 23.0 Å². The Hall–Kier alpha value is -4.55. The second kappa shape index (κ2) is 9.03. The van der Waals surface area contributed by atoms with E-state index in [4.69, 9.17) is 11.5 Å². The molecule has 0 aliphatic carbocycles. The molecule has 4 aromatic rings. The van der Waals surface area contributed by atoms with Gasteiger partial charge in [-0.05, 0) is 72.4 Å². The smallest absolute Gasteiger partial charge is 0.254 e. The minimum absolute atomic E-state index is 0.0249. The van der Waals surface area contributed by atoms with Crippen molar-refractivity contribution in [2.75, 3.05) is 0 Å². The molecule has 4 N–H and O–H groups in total. The molecule has 3 heterocycles. The van der Waals surface area contributed by atoms with Crippen LogP contribution >= 0.6 is 0 Å². The molecule has 1 aromatic heterocycles. The van der Waals surface area contributed by atoms with Crippen LogP contribution in [0.3, 0.4) is 0 Å². The molecule has 2 fully saturated rings. The molecule has 0 radical (unpaired) electrons. The van der Waals surface area contributed by atoms with E-state index in [1.165, 1.54) is 18.2 Å². The lowest BCUT2D eigenvalue weighted by atomic mass is 9.91. The summed E-state index contributed by atoms with van der Waals surface area (Å²) in [5.41, 5.74) is 14.2. The Morgan fingerprint density at radius 2 is 1.79 bits per heavy atom. The average Bonchev–Trinajstić information content (AvgIpc) is 3.57. The van der Waals surface area contributed by atoms with Gasteiger partial charge in [0.05, 0.1) is 16.6 Å². The standard InChI is InChI=1S/C30H25F2N5O2/c1-36-14-23(29(35)38)22-11-21(25(32)12-28(22)36)19-6-4-16(30(39)37-18-5-7-27(37)26(34)10-18)8-20(19)15-2-3-17(13-33)24(31)9-15/h2-4,6,8-9,11-12,14,18,26-27H,5,7,10,34H2,1H3,(H2,35,38)/t18-,26+,27+/m1/s1. The van der Waals surface area contributed by atoms with Crippen LogP contribution in [0.2, 0.25) is 0 Å². The fraction of sp³-hybridized carbons (Fsp3) is 0.233.